The second-order valence-corrected chi connectivity index (χ2v) is 17.2. The van der Waals surface area contributed by atoms with Crippen molar-refractivity contribution in [2.75, 3.05) is 183 Å². The highest BCUT2D eigenvalue weighted by Crippen LogP contribution is 2.11. The van der Waals surface area contributed by atoms with Crippen LogP contribution >= 0.6 is 0 Å². The van der Waals surface area contributed by atoms with Crippen LogP contribution in [0.1, 0.15) is 6.92 Å². The molecule has 0 bridgehead atoms. The Balaban J connectivity index is 2.34. The fourth-order valence-electron chi connectivity index (χ4n) is 8.05. The number of carbonyl (C=O) groups is 5. The van der Waals surface area contributed by atoms with Crippen molar-refractivity contribution in [3.8, 4) is 0 Å². The molecule has 0 radical (unpaired) electrons. The van der Waals surface area contributed by atoms with Crippen LogP contribution in [0.5, 0.6) is 0 Å². The van der Waals surface area contributed by atoms with Crippen LogP contribution in [-0.2, 0) is 24.0 Å². The quantitative estimate of drug-likeness (QED) is 0.0404. The molecule has 0 aromatic heterocycles. The third-order valence-electron chi connectivity index (χ3n) is 11.7. The summed E-state index contributed by atoms with van der Waals surface area (Å²) < 4.78 is 0. The van der Waals surface area contributed by atoms with E-state index in [0.717, 1.165) is 0 Å². The third kappa shape index (κ3) is 25.2. The van der Waals surface area contributed by atoms with Gasteiger partial charge >= 0.3 is 29.8 Å². The van der Waals surface area contributed by atoms with E-state index in [1.807, 2.05) is 16.7 Å². The second kappa shape index (κ2) is 31.7. The number of β-amino-alcohol motifs (C(OH)–C–C–N with tert-alkyl or cyclic N) is 2. The van der Waals surface area contributed by atoms with Crippen LogP contribution in [0.3, 0.4) is 0 Å². The molecule has 12 N–H and O–H groups in total. The summed E-state index contributed by atoms with van der Waals surface area (Å²) >= 11 is 0. The smallest absolute Gasteiger partial charge is 0.317 e. The second-order valence-electron chi connectivity index (χ2n) is 17.2. The maximum Gasteiger partial charge on any atom is 0.317 e. The van der Waals surface area contributed by atoms with E-state index in [-0.39, 0.29) is 124 Å². The fraction of sp³-hybridized carbons (Fsp3) is 0.875. The Morgan fingerprint density at radius 3 is 0.879 bits per heavy atom. The Labute approximate surface area is 385 Å². The van der Waals surface area contributed by atoms with Crippen molar-refractivity contribution in [3.05, 3.63) is 0 Å². The lowest BCUT2D eigenvalue weighted by molar-refractivity contribution is -0.140. The number of hydrogen-bond acceptors (Lipinski definition) is 21. The van der Waals surface area contributed by atoms with Crippen LogP contribution in [0.2, 0.25) is 0 Å². The lowest BCUT2D eigenvalue weighted by Gasteiger charge is -2.36. The Bertz CT molecular complexity index is 1410. The summed E-state index contributed by atoms with van der Waals surface area (Å²) in [6.45, 7) is 4.06. The number of aliphatic carboxylic acids is 5. The zero-order valence-electron chi connectivity index (χ0n) is 38.2. The van der Waals surface area contributed by atoms with Crippen LogP contribution in [-0.4, -0.2) is 355 Å². The number of likely N-dealkylation sites (N-methyl/N-ethyl adjacent to an activating group) is 1. The summed E-state index contributed by atoms with van der Waals surface area (Å²) in [6, 6.07) is 0. The Morgan fingerprint density at radius 2 is 0.636 bits per heavy atom. The molecule has 0 aliphatic carbocycles. The van der Waals surface area contributed by atoms with E-state index in [0.29, 0.717) is 45.8 Å². The molecular formula is C40H77N9O17. The van der Waals surface area contributed by atoms with E-state index >= 15 is 0 Å². The summed E-state index contributed by atoms with van der Waals surface area (Å²) in [5.41, 5.74) is 0. The lowest BCUT2D eigenvalue weighted by atomic mass is 10.0. The van der Waals surface area contributed by atoms with Gasteiger partial charge in [0.05, 0.1) is 57.6 Å². The van der Waals surface area contributed by atoms with Gasteiger partial charge in [0.25, 0.3) is 0 Å². The maximum atomic E-state index is 11.8. The van der Waals surface area contributed by atoms with Gasteiger partial charge in [-0.05, 0) is 6.54 Å². The number of nitrogens with zero attached hydrogens (tertiary/aromatic N) is 9. The molecule has 26 heteroatoms. The molecule has 2 rings (SSSR count). The van der Waals surface area contributed by atoms with Crippen LogP contribution in [0.25, 0.3) is 0 Å². The van der Waals surface area contributed by atoms with Crippen molar-refractivity contribution in [1.29, 1.82) is 0 Å². The molecule has 6 atom stereocenters. The summed E-state index contributed by atoms with van der Waals surface area (Å²) in [5, 5.41) is 122. The normalized spacial score (nSPS) is 21.9. The van der Waals surface area contributed by atoms with Crippen molar-refractivity contribution in [2.24, 2.45) is 0 Å². The molecule has 2 saturated heterocycles. The summed E-state index contributed by atoms with van der Waals surface area (Å²) in [6.07, 6.45) is -9.81. The molecule has 0 amide bonds. The van der Waals surface area contributed by atoms with Gasteiger partial charge in [-0.2, -0.15) is 0 Å². The third-order valence-corrected chi connectivity index (χ3v) is 11.7. The minimum absolute atomic E-state index is 0.0493. The van der Waals surface area contributed by atoms with E-state index in [4.69, 9.17) is 0 Å². The van der Waals surface area contributed by atoms with Gasteiger partial charge in [-0.15, -0.1) is 0 Å². The van der Waals surface area contributed by atoms with Gasteiger partial charge < -0.3 is 66.2 Å². The monoisotopic (exact) mass is 956 g/mol. The molecule has 2 fully saturated rings. The first-order valence-corrected chi connectivity index (χ1v) is 22.5. The van der Waals surface area contributed by atoms with Gasteiger partial charge in [-0.25, -0.2) is 0 Å². The standard InChI is InChI=1S/C40H77N9O17/c1-2-41-3-5-42(7-10-45(25-35(57)58)14-13-44(6-4-41)24-34(55)56)19-30(51)21-49(23-32(53)39(65)40(66)33(54)29-50)22-31(52)20-43-8-11-46(26-36(59)60)15-17-48(28-38(63)64)18-16-47(12-9-43)27-37(61)62/h30-33,39-40,50-54,65-66H,2-29H2,1H3,(H,55,56)(H,57,58)(H,59,60)(H,61,62)(H,63,64). The minimum Gasteiger partial charge on any atom is -0.480 e. The Hall–Kier alpha value is -3.29. The summed E-state index contributed by atoms with van der Waals surface area (Å²) in [7, 11) is 0. The molecule has 2 aliphatic rings. The van der Waals surface area contributed by atoms with Gasteiger partial charge in [-0.3, -0.25) is 63.2 Å². The molecule has 0 aromatic carbocycles. The predicted molar refractivity (Wildman–Crippen MR) is 235 cm³/mol. The average molecular weight is 956 g/mol. The largest absolute Gasteiger partial charge is 0.480 e. The number of aliphatic hydroxyl groups excluding tert-OH is 7. The van der Waals surface area contributed by atoms with Crippen molar-refractivity contribution in [1.82, 2.24) is 44.1 Å². The van der Waals surface area contributed by atoms with Gasteiger partial charge in [0, 0.05) is 137 Å². The molecule has 2 aliphatic heterocycles. The first-order chi connectivity index (χ1) is 31.2. The van der Waals surface area contributed by atoms with Crippen LogP contribution in [0.15, 0.2) is 0 Å². The number of rotatable bonds is 25. The van der Waals surface area contributed by atoms with Gasteiger partial charge in [0.2, 0.25) is 0 Å². The minimum atomic E-state index is -1.95. The van der Waals surface area contributed by atoms with E-state index in [9.17, 15) is 85.3 Å². The van der Waals surface area contributed by atoms with Crippen molar-refractivity contribution in [3.63, 3.8) is 0 Å². The highest BCUT2D eigenvalue weighted by atomic mass is 16.4. The molecule has 0 spiro atoms. The highest BCUT2D eigenvalue weighted by molar-refractivity contribution is 5.70. The number of carboxylic acid groups (broad SMARTS) is 5. The van der Waals surface area contributed by atoms with Crippen molar-refractivity contribution >= 4 is 29.8 Å². The lowest BCUT2D eigenvalue weighted by Crippen LogP contribution is -2.54. The SMILES string of the molecule is CCN1CCN(CC(=O)O)CCN(CC(=O)O)CCN(CC(O)CN(CC(O)CN2CCN(CC(=O)O)CCN(CC(=O)O)CCN(CC(=O)O)CC2)CC(O)C(O)C(O)C(O)CO)CC1. The van der Waals surface area contributed by atoms with Crippen LogP contribution in [0.4, 0.5) is 0 Å². The van der Waals surface area contributed by atoms with Crippen molar-refractivity contribution in [2.45, 2.75) is 43.5 Å². The number of hydrogen-bond donors (Lipinski definition) is 12. The molecule has 26 nitrogen and oxygen atoms in total. The van der Waals surface area contributed by atoms with Gasteiger partial charge in [-0.1, -0.05) is 6.92 Å². The highest BCUT2D eigenvalue weighted by Gasteiger charge is 2.33. The molecule has 384 valence electrons. The molecule has 0 aromatic rings. The van der Waals surface area contributed by atoms with E-state index in [2.05, 4.69) is 4.90 Å². The summed E-state index contributed by atoms with van der Waals surface area (Å²) in [4.78, 5) is 74.1. The van der Waals surface area contributed by atoms with E-state index < -0.39 is 79.6 Å². The number of aliphatic hydroxyl groups is 7. The first kappa shape index (κ1) is 58.8. The Morgan fingerprint density at radius 1 is 0.394 bits per heavy atom. The van der Waals surface area contributed by atoms with E-state index in [1.165, 1.54) is 4.90 Å². The maximum absolute atomic E-state index is 11.8. The number of carboxylic acids is 5. The average Bonchev–Trinajstić information content (AvgIpc) is 3.22. The Kier molecular flexibility index (Phi) is 28.3. The van der Waals surface area contributed by atoms with Crippen molar-refractivity contribution < 1.29 is 85.3 Å². The first-order valence-electron chi connectivity index (χ1n) is 22.5. The zero-order chi connectivity index (χ0) is 49.3. The van der Waals surface area contributed by atoms with Gasteiger partial charge in [0.15, 0.2) is 0 Å². The molecule has 6 unspecified atom stereocenters. The van der Waals surface area contributed by atoms with Crippen LogP contribution in [0, 0.1) is 0 Å². The molecule has 2 heterocycles. The summed E-state index contributed by atoms with van der Waals surface area (Å²) in [5.74, 6) is -5.34. The zero-order valence-corrected chi connectivity index (χ0v) is 38.2. The molecule has 66 heavy (non-hydrogen) atoms. The fourth-order valence-corrected chi connectivity index (χ4v) is 8.05. The predicted octanol–water partition coefficient (Wildman–Crippen LogP) is -7.67. The topological polar surface area (TPSA) is 357 Å². The molecular weight excluding hydrogens is 878 g/mol. The van der Waals surface area contributed by atoms with Gasteiger partial charge in [0.1, 0.15) is 18.3 Å². The molecule has 0 saturated carbocycles. The van der Waals surface area contributed by atoms with E-state index in [1.54, 1.807) is 24.5 Å². The van der Waals surface area contributed by atoms with Crippen LogP contribution < -0.4 is 0 Å².